The van der Waals surface area contributed by atoms with Gasteiger partial charge in [-0.25, -0.2) is 4.98 Å². The number of carbonyl (C=O) groups is 3. The number of nitrogens with zero attached hydrogens (tertiary/aromatic N) is 3. The minimum Gasteiger partial charge on any atom is -0.455 e. The Morgan fingerprint density at radius 2 is 1.82 bits per heavy atom. The number of aromatic nitrogens is 2. The number of hydrogen-bond donors (Lipinski definition) is 1. The third kappa shape index (κ3) is 5.28. The van der Waals surface area contributed by atoms with Gasteiger partial charge in [0.15, 0.2) is 6.61 Å². The molecule has 8 nitrogen and oxygen atoms in total. The maximum atomic E-state index is 13.7. The summed E-state index contributed by atoms with van der Waals surface area (Å²) in [5.74, 6) is -3.01. The van der Waals surface area contributed by atoms with Gasteiger partial charge in [-0.05, 0) is 24.3 Å². The lowest BCUT2D eigenvalue weighted by Gasteiger charge is -2.31. The summed E-state index contributed by atoms with van der Waals surface area (Å²) in [5.41, 5.74) is 1.25. The van der Waals surface area contributed by atoms with Gasteiger partial charge < -0.3 is 10.1 Å². The van der Waals surface area contributed by atoms with E-state index in [1.165, 1.54) is 30.5 Å². The number of rotatable bonds is 5. The maximum Gasteiger partial charge on any atom is 0.409 e. The summed E-state index contributed by atoms with van der Waals surface area (Å²) < 4.78 is 46.1. The predicted molar refractivity (Wildman–Crippen MR) is 118 cm³/mol. The Bertz CT molecular complexity index is 1250. The van der Waals surface area contributed by atoms with Gasteiger partial charge in [0.1, 0.15) is 11.1 Å². The lowest BCUT2D eigenvalue weighted by atomic mass is 10.1. The number of halogens is 3. The summed E-state index contributed by atoms with van der Waals surface area (Å²) in [7, 11) is 0. The standard InChI is InChI=1S/C22H17F3N4O4S/c23-22(24,25)17-9-18(30)27-15-7-3-4-8-16(15)29(17)20(31)11-33-21(32)12-34-19-10-26-13-5-1-2-6-14(13)28-19/h1-8,10,17H,9,11-12H2,(H,27,30). The number of nitrogens with one attached hydrogen (secondary N) is 1. The first-order valence-corrected chi connectivity index (χ1v) is 11.0. The summed E-state index contributed by atoms with van der Waals surface area (Å²) >= 11 is 1.02. The number of alkyl halides is 3. The van der Waals surface area contributed by atoms with Crippen molar-refractivity contribution < 1.29 is 32.3 Å². The number of thioether (sulfide) groups is 1. The molecule has 1 aromatic heterocycles. The summed E-state index contributed by atoms with van der Waals surface area (Å²) in [4.78, 5) is 46.0. The van der Waals surface area contributed by atoms with Crippen molar-refractivity contribution in [1.82, 2.24) is 9.97 Å². The van der Waals surface area contributed by atoms with Crippen molar-refractivity contribution in [3.05, 3.63) is 54.7 Å². The molecule has 1 unspecified atom stereocenters. The molecule has 176 valence electrons. The normalized spacial score (nSPS) is 15.9. The Labute approximate surface area is 195 Å². The monoisotopic (exact) mass is 490 g/mol. The molecule has 34 heavy (non-hydrogen) atoms. The molecular weight excluding hydrogens is 473 g/mol. The number of esters is 1. The Morgan fingerprint density at radius 3 is 2.59 bits per heavy atom. The quantitative estimate of drug-likeness (QED) is 0.431. The van der Waals surface area contributed by atoms with Crippen molar-refractivity contribution in [3.63, 3.8) is 0 Å². The van der Waals surface area contributed by atoms with Crippen LogP contribution in [-0.2, 0) is 19.1 Å². The molecule has 1 N–H and O–H groups in total. The fourth-order valence-electron chi connectivity index (χ4n) is 3.39. The van der Waals surface area contributed by atoms with Gasteiger partial charge >= 0.3 is 12.1 Å². The van der Waals surface area contributed by atoms with Gasteiger partial charge in [0, 0.05) is 0 Å². The van der Waals surface area contributed by atoms with Gasteiger partial charge in [0.25, 0.3) is 5.91 Å². The van der Waals surface area contributed by atoms with E-state index in [1.807, 2.05) is 6.07 Å². The summed E-state index contributed by atoms with van der Waals surface area (Å²) in [5, 5.41) is 2.82. The molecule has 1 aliphatic heterocycles. The minimum absolute atomic E-state index is 0.0596. The van der Waals surface area contributed by atoms with Crippen molar-refractivity contribution in [2.45, 2.75) is 23.7 Å². The first-order chi connectivity index (χ1) is 16.2. The molecule has 0 saturated heterocycles. The van der Waals surface area contributed by atoms with E-state index in [2.05, 4.69) is 15.3 Å². The van der Waals surface area contributed by atoms with Crippen LogP contribution in [0.5, 0.6) is 0 Å². The van der Waals surface area contributed by atoms with Crippen molar-refractivity contribution in [1.29, 1.82) is 0 Å². The van der Waals surface area contributed by atoms with E-state index >= 15 is 0 Å². The highest BCUT2D eigenvalue weighted by atomic mass is 32.2. The van der Waals surface area contributed by atoms with Crippen LogP contribution in [0.25, 0.3) is 11.0 Å². The SMILES string of the molecule is O=C1CC(C(F)(F)F)N(C(=O)COC(=O)CSc2cnc3ccccc3n2)c2ccccc2N1. The van der Waals surface area contributed by atoms with Crippen LogP contribution < -0.4 is 10.2 Å². The van der Waals surface area contributed by atoms with E-state index in [4.69, 9.17) is 4.74 Å². The van der Waals surface area contributed by atoms with Crippen LogP contribution in [0.2, 0.25) is 0 Å². The summed E-state index contributed by atoms with van der Waals surface area (Å²) in [6.45, 7) is -0.919. The fourth-order valence-corrected chi connectivity index (χ4v) is 4.03. The number of ether oxygens (including phenoxy) is 1. The van der Waals surface area contributed by atoms with Gasteiger partial charge in [0.05, 0.1) is 40.8 Å². The summed E-state index contributed by atoms with van der Waals surface area (Å²) in [6.07, 6.45) is -4.37. The average Bonchev–Trinajstić information content (AvgIpc) is 2.96. The third-order valence-electron chi connectivity index (χ3n) is 4.90. The number of amides is 2. The predicted octanol–water partition coefficient (Wildman–Crippen LogP) is 3.57. The second-order valence-corrected chi connectivity index (χ2v) is 8.23. The Kier molecular flexibility index (Phi) is 6.68. The first-order valence-electron chi connectivity index (χ1n) is 10.0. The van der Waals surface area contributed by atoms with E-state index in [9.17, 15) is 27.6 Å². The number of para-hydroxylation sites is 4. The number of carbonyl (C=O) groups excluding carboxylic acids is 3. The van der Waals surface area contributed by atoms with Crippen molar-refractivity contribution in [2.24, 2.45) is 0 Å². The van der Waals surface area contributed by atoms with Crippen LogP contribution in [0.3, 0.4) is 0 Å². The maximum absolute atomic E-state index is 13.7. The molecule has 1 atom stereocenters. The molecule has 0 bridgehead atoms. The number of benzene rings is 2. The lowest BCUT2D eigenvalue weighted by Crippen LogP contribution is -2.51. The highest BCUT2D eigenvalue weighted by Gasteiger charge is 2.49. The van der Waals surface area contributed by atoms with Crippen LogP contribution in [0.4, 0.5) is 24.5 Å². The second kappa shape index (κ2) is 9.67. The van der Waals surface area contributed by atoms with Crippen LogP contribution in [-0.4, -0.2) is 52.3 Å². The van der Waals surface area contributed by atoms with Crippen LogP contribution in [0, 0.1) is 0 Å². The molecule has 2 amide bonds. The highest BCUT2D eigenvalue weighted by molar-refractivity contribution is 7.99. The highest BCUT2D eigenvalue weighted by Crippen LogP contribution is 2.37. The first kappa shape index (κ1) is 23.5. The molecule has 1 aliphatic rings. The van der Waals surface area contributed by atoms with Crippen LogP contribution in [0.15, 0.2) is 59.8 Å². The number of fused-ring (bicyclic) bond motifs is 2. The van der Waals surface area contributed by atoms with Crippen LogP contribution in [0.1, 0.15) is 6.42 Å². The molecule has 3 aromatic rings. The molecule has 0 spiro atoms. The summed E-state index contributed by atoms with van der Waals surface area (Å²) in [6, 6.07) is 10.4. The third-order valence-corrected chi connectivity index (χ3v) is 5.77. The molecule has 4 rings (SSSR count). The van der Waals surface area contributed by atoms with Gasteiger partial charge in [-0.2, -0.15) is 13.2 Å². The largest absolute Gasteiger partial charge is 0.455 e. The minimum atomic E-state index is -4.88. The lowest BCUT2D eigenvalue weighted by molar-refractivity contribution is -0.159. The van der Waals surface area contributed by atoms with E-state index in [0.29, 0.717) is 21.0 Å². The molecule has 0 fully saturated rings. The average molecular weight is 490 g/mol. The van der Waals surface area contributed by atoms with Gasteiger partial charge in [-0.3, -0.25) is 24.3 Å². The smallest absolute Gasteiger partial charge is 0.409 e. The molecule has 0 radical (unpaired) electrons. The van der Waals surface area contributed by atoms with Gasteiger partial charge in [-0.15, -0.1) is 0 Å². The van der Waals surface area contributed by atoms with Crippen molar-refractivity contribution >= 4 is 52.0 Å². The molecule has 0 saturated carbocycles. The molecular formula is C22H17F3N4O4S. The van der Waals surface area contributed by atoms with Gasteiger partial charge in [0.2, 0.25) is 5.91 Å². The molecule has 2 heterocycles. The van der Waals surface area contributed by atoms with E-state index in [-0.39, 0.29) is 17.1 Å². The molecule has 12 heteroatoms. The number of anilines is 2. The topological polar surface area (TPSA) is 101 Å². The van der Waals surface area contributed by atoms with Crippen molar-refractivity contribution in [2.75, 3.05) is 22.6 Å². The second-order valence-electron chi connectivity index (χ2n) is 7.24. The zero-order chi connectivity index (χ0) is 24.3. The zero-order valence-corrected chi connectivity index (χ0v) is 18.2. The Balaban J connectivity index is 1.43. The van der Waals surface area contributed by atoms with E-state index < -0.39 is 43.0 Å². The van der Waals surface area contributed by atoms with E-state index in [1.54, 1.807) is 18.2 Å². The fraction of sp³-hybridized carbons (Fsp3) is 0.227. The number of hydrogen-bond acceptors (Lipinski definition) is 7. The van der Waals surface area contributed by atoms with E-state index in [0.717, 1.165) is 11.8 Å². The molecule has 0 aliphatic carbocycles. The van der Waals surface area contributed by atoms with Crippen molar-refractivity contribution in [3.8, 4) is 0 Å². The van der Waals surface area contributed by atoms with Gasteiger partial charge in [-0.1, -0.05) is 36.0 Å². The Hall–Kier alpha value is -3.67. The zero-order valence-electron chi connectivity index (χ0n) is 17.4. The Morgan fingerprint density at radius 1 is 1.12 bits per heavy atom. The van der Waals surface area contributed by atoms with Crippen LogP contribution >= 0.6 is 11.8 Å². The molecule has 2 aromatic carbocycles.